The third-order valence-corrected chi connectivity index (χ3v) is 4.79. The normalized spacial score (nSPS) is 18.1. The Hall–Kier alpha value is -2.18. The Bertz CT molecular complexity index is 748. The number of amides is 2. The summed E-state index contributed by atoms with van der Waals surface area (Å²) in [5, 5.41) is 9.73. The molecule has 0 saturated carbocycles. The third-order valence-electron chi connectivity index (χ3n) is 4.27. The second kappa shape index (κ2) is 7.80. The van der Waals surface area contributed by atoms with Crippen molar-refractivity contribution in [1.82, 2.24) is 4.90 Å². The van der Waals surface area contributed by atoms with Crippen LogP contribution >= 0.6 is 15.9 Å². The molecule has 25 heavy (non-hydrogen) atoms. The van der Waals surface area contributed by atoms with Gasteiger partial charge in [-0.25, -0.2) is 9.69 Å². The maximum absolute atomic E-state index is 12.9. The fourth-order valence-corrected chi connectivity index (χ4v) is 3.22. The molecule has 1 N–H and O–H groups in total. The van der Waals surface area contributed by atoms with E-state index in [2.05, 4.69) is 15.9 Å². The van der Waals surface area contributed by atoms with Gasteiger partial charge in [0.1, 0.15) is 6.61 Å². The number of hydrogen-bond donors (Lipinski definition) is 1. The first-order chi connectivity index (χ1) is 12.1. The molecule has 0 aliphatic carbocycles. The van der Waals surface area contributed by atoms with E-state index in [0.29, 0.717) is 12.0 Å². The van der Waals surface area contributed by atoms with Crippen LogP contribution in [-0.4, -0.2) is 41.3 Å². The number of nitrogens with zero attached hydrogens (tertiary/aromatic N) is 1. The summed E-state index contributed by atoms with van der Waals surface area (Å²) < 4.78 is 5.98. The zero-order valence-corrected chi connectivity index (χ0v) is 15.1. The molecular formula is C19H18BrNO4. The van der Waals surface area contributed by atoms with Crippen molar-refractivity contribution in [3.05, 3.63) is 70.2 Å². The molecule has 6 heteroatoms. The molecule has 1 aliphatic rings. The van der Waals surface area contributed by atoms with Gasteiger partial charge in [0.2, 0.25) is 5.91 Å². The Morgan fingerprint density at radius 1 is 1.20 bits per heavy atom. The number of benzene rings is 2. The van der Waals surface area contributed by atoms with E-state index in [4.69, 9.17) is 4.74 Å². The lowest BCUT2D eigenvalue weighted by atomic mass is 9.97. The fraction of sp³-hybridized carbons (Fsp3) is 0.263. The van der Waals surface area contributed by atoms with Gasteiger partial charge in [0.05, 0.1) is 18.6 Å². The molecule has 2 atom stereocenters. The zero-order valence-electron chi connectivity index (χ0n) is 13.5. The maximum Gasteiger partial charge on any atom is 0.417 e. The Morgan fingerprint density at radius 2 is 1.88 bits per heavy atom. The van der Waals surface area contributed by atoms with Crippen LogP contribution in [0.5, 0.6) is 0 Å². The molecular weight excluding hydrogens is 386 g/mol. The molecule has 0 aromatic heterocycles. The average Bonchev–Trinajstić information content (AvgIpc) is 2.98. The van der Waals surface area contributed by atoms with Gasteiger partial charge in [0.25, 0.3) is 0 Å². The van der Waals surface area contributed by atoms with Crippen molar-refractivity contribution in [2.75, 3.05) is 13.2 Å². The van der Waals surface area contributed by atoms with Crippen molar-refractivity contribution < 1.29 is 19.4 Å². The highest BCUT2D eigenvalue weighted by Gasteiger charge is 2.41. The van der Waals surface area contributed by atoms with Gasteiger partial charge in [-0.1, -0.05) is 58.4 Å². The Morgan fingerprint density at radius 3 is 2.52 bits per heavy atom. The summed E-state index contributed by atoms with van der Waals surface area (Å²) in [5.41, 5.74) is 1.68. The topological polar surface area (TPSA) is 66.8 Å². The van der Waals surface area contributed by atoms with Crippen LogP contribution in [0.1, 0.15) is 17.0 Å². The molecule has 0 bridgehead atoms. The van der Waals surface area contributed by atoms with E-state index in [9.17, 15) is 14.7 Å². The summed E-state index contributed by atoms with van der Waals surface area (Å²) in [5.74, 6) is -1.23. The number of halogens is 1. The molecule has 2 aromatic carbocycles. The van der Waals surface area contributed by atoms with Crippen LogP contribution in [-0.2, 0) is 16.0 Å². The van der Waals surface area contributed by atoms with E-state index < -0.39 is 17.9 Å². The predicted octanol–water partition coefficient (Wildman–Crippen LogP) is 3.12. The van der Waals surface area contributed by atoms with Gasteiger partial charge >= 0.3 is 6.09 Å². The van der Waals surface area contributed by atoms with Crippen molar-refractivity contribution in [1.29, 1.82) is 0 Å². The lowest BCUT2D eigenvalue weighted by Gasteiger charge is -2.24. The van der Waals surface area contributed by atoms with Crippen LogP contribution in [0.25, 0.3) is 0 Å². The minimum absolute atomic E-state index is 0.165. The number of carbonyl (C=O) groups is 2. The van der Waals surface area contributed by atoms with Gasteiger partial charge in [0.15, 0.2) is 0 Å². The lowest BCUT2D eigenvalue weighted by molar-refractivity contribution is -0.131. The number of cyclic esters (lactones) is 1. The van der Waals surface area contributed by atoms with E-state index in [-0.39, 0.29) is 19.3 Å². The number of aliphatic hydroxyl groups excluding tert-OH is 1. The minimum atomic E-state index is -0.794. The van der Waals surface area contributed by atoms with E-state index in [0.717, 1.165) is 14.9 Å². The highest BCUT2D eigenvalue weighted by Crippen LogP contribution is 2.25. The smallest absolute Gasteiger partial charge is 0.417 e. The molecule has 1 saturated heterocycles. The monoisotopic (exact) mass is 403 g/mol. The van der Waals surface area contributed by atoms with Gasteiger partial charge in [-0.2, -0.15) is 0 Å². The van der Waals surface area contributed by atoms with Crippen molar-refractivity contribution in [2.24, 2.45) is 0 Å². The molecule has 1 aliphatic heterocycles. The van der Waals surface area contributed by atoms with Crippen LogP contribution < -0.4 is 0 Å². The van der Waals surface area contributed by atoms with Gasteiger partial charge < -0.3 is 9.84 Å². The largest absolute Gasteiger partial charge is 0.447 e. The first-order valence-electron chi connectivity index (χ1n) is 8.00. The average molecular weight is 404 g/mol. The quantitative estimate of drug-likeness (QED) is 0.832. The number of ether oxygens (including phenoxy) is 1. The Labute approximate surface area is 154 Å². The number of hydrogen-bond acceptors (Lipinski definition) is 4. The van der Waals surface area contributed by atoms with Gasteiger partial charge in [0, 0.05) is 4.47 Å². The highest BCUT2D eigenvalue weighted by molar-refractivity contribution is 9.10. The first kappa shape index (κ1) is 17.6. The van der Waals surface area contributed by atoms with Gasteiger partial charge in [-0.05, 0) is 29.7 Å². The first-order valence-corrected chi connectivity index (χ1v) is 8.79. The summed E-state index contributed by atoms with van der Waals surface area (Å²) in [7, 11) is 0. The predicted molar refractivity (Wildman–Crippen MR) is 96.1 cm³/mol. The molecule has 2 amide bonds. The van der Waals surface area contributed by atoms with Crippen LogP contribution in [0, 0.1) is 0 Å². The maximum atomic E-state index is 12.9. The van der Waals surface area contributed by atoms with E-state index in [1.807, 2.05) is 30.3 Å². The Kier molecular flexibility index (Phi) is 5.50. The van der Waals surface area contributed by atoms with Crippen LogP contribution in [0.15, 0.2) is 59.1 Å². The summed E-state index contributed by atoms with van der Waals surface area (Å²) in [4.78, 5) is 26.2. The summed E-state index contributed by atoms with van der Waals surface area (Å²) in [6.45, 7) is -0.208. The van der Waals surface area contributed by atoms with Crippen LogP contribution in [0.2, 0.25) is 0 Å². The SMILES string of the molecule is O=C1OC[C@@H](Cc2ccccc2)N1C(=O)C(CO)c1ccc(Br)cc1. The van der Waals surface area contributed by atoms with Crippen molar-refractivity contribution >= 4 is 27.9 Å². The van der Waals surface area contributed by atoms with Gasteiger partial charge in [-0.3, -0.25) is 4.79 Å². The number of aliphatic hydroxyl groups is 1. The number of carbonyl (C=O) groups excluding carboxylic acids is 2. The lowest BCUT2D eigenvalue weighted by Crippen LogP contribution is -2.43. The number of imide groups is 1. The molecule has 2 aromatic rings. The molecule has 130 valence electrons. The zero-order chi connectivity index (χ0) is 17.8. The molecule has 0 spiro atoms. The van der Waals surface area contributed by atoms with Gasteiger partial charge in [-0.15, -0.1) is 0 Å². The summed E-state index contributed by atoms with van der Waals surface area (Å²) in [6, 6.07) is 16.4. The molecule has 1 heterocycles. The molecule has 0 radical (unpaired) electrons. The Balaban J connectivity index is 1.82. The van der Waals surface area contributed by atoms with Crippen LogP contribution in [0.4, 0.5) is 4.79 Å². The molecule has 1 fully saturated rings. The summed E-state index contributed by atoms with van der Waals surface area (Å²) in [6.07, 6.45) is -0.127. The minimum Gasteiger partial charge on any atom is -0.447 e. The summed E-state index contributed by atoms with van der Waals surface area (Å²) >= 11 is 3.34. The van der Waals surface area contributed by atoms with Crippen molar-refractivity contribution in [3.63, 3.8) is 0 Å². The number of rotatable bonds is 5. The second-order valence-electron chi connectivity index (χ2n) is 5.92. The molecule has 5 nitrogen and oxygen atoms in total. The van der Waals surface area contributed by atoms with E-state index in [1.165, 1.54) is 0 Å². The standard InChI is InChI=1S/C19H18BrNO4/c20-15-8-6-14(7-9-15)17(11-22)18(23)21-16(12-25-19(21)24)10-13-4-2-1-3-5-13/h1-9,16-17,22H,10-12H2/t16-,17?/m1/s1. The third kappa shape index (κ3) is 3.91. The van der Waals surface area contributed by atoms with Crippen LogP contribution in [0.3, 0.4) is 0 Å². The fourth-order valence-electron chi connectivity index (χ4n) is 2.96. The van der Waals surface area contributed by atoms with Crippen molar-refractivity contribution in [2.45, 2.75) is 18.4 Å². The highest BCUT2D eigenvalue weighted by atomic mass is 79.9. The van der Waals surface area contributed by atoms with E-state index in [1.54, 1.807) is 24.3 Å². The van der Waals surface area contributed by atoms with Crippen molar-refractivity contribution in [3.8, 4) is 0 Å². The van der Waals surface area contributed by atoms with E-state index >= 15 is 0 Å². The molecule has 1 unspecified atom stereocenters. The second-order valence-corrected chi connectivity index (χ2v) is 6.83. The molecule has 3 rings (SSSR count).